The molecule has 0 aliphatic carbocycles. The molecule has 11 heteroatoms. The standard InChI is InChI=1S/C22H22N2O7S2/c1-29-18-5-2-16(3-6-18)13-23-32(25,26)19-7-9-20(10-8-19)33(27,28)24-14-17-4-11-21-22(12-17)31-15-30-21/h2-12,23-24H,13-15H2,1H3. The number of hydrogen-bond donors (Lipinski definition) is 2. The maximum absolute atomic E-state index is 12.6. The van der Waals surface area contributed by atoms with E-state index >= 15 is 0 Å². The van der Waals surface area contributed by atoms with Crippen LogP contribution in [0.15, 0.2) is 76.5 Å². The fourth-order valence-electron chi connectivity index (χ4n) is 3.12. The summed E-state index contributed by atoms with van der Waals surface area (Å²) < 4.78 is 71.0. The molecule has 174 valence electrons. The van der Waals surface area contributed by atoms with Crippen molar-refractivity contribution in [2.24, 2.45) is 0 Å². The van der Waals surface area contributed by atoms with Crippen LogP contribution in [0.5, 0.6) is 17.2 Å². The van der Waals surface area contributed by atoms with Crippen molar-refractivity contribution >= 4 is 20.0 Å². The molecule has 1 aliphatic heterocycles. The lowest BCUT2D eigenvalue weighted by Crippen LogP contribution is -2.24. The molecule has 2 N–H and O–H groups in total. The molecule has 0 fully saturated rings. The first kappa shape index (κ1) is 23.1. The molecule has 0 spiro atoms. The third kappa shape index (κ3) is 5.45. The fourth-order valence-corrected chi connectivity index (χ4v) is 5.15. The molecule has 0 saturated carbocycles. The fraction of sp³-hybridized carbons (Fsp3) is 0.182. The Morgan fingerprint density at radius 2 is 1.24 bits per heavy atom. The number of sulfonamides is 2. The Morgan fingerprint density at radius 3 is 1.82 bits per heavy atom. The number of benzene rings is 3. The highest BCUT2D eigenvalue weighted by Crippen LogP contribution is 2.32. The normalized spacial score (nSPS) is 13.1. The van der Waals surface area contributed by atoms with Crippen LogP contribution in [0.25, 0.3) is 0 Å². The molecule has 0 unspecified atom stereocenters. The van der Waals surface area contributed by atoms with Gasteiger partial charge in [-0.2, -0.15) is 0 Å². The van der Waals surface area contributed by atoms with Crippen LogP contribution in [0, 0.1) is 0 Å². The second-order valence-corrected chi connectivity index (χ2v) is 10.7. The third-order valence-electron chi connectivity index (χ3n) is 4.97. The van der Waals surface area contributed by atoms with E-state index in [2.05, 4.69) is 9.44 Å². The number of hydrogen-bond acceptors (Lipinski definition) is 7. The molecule has 0 saturated heterocycles. The van der Waals surface area contributed by atoms with Crippen LogP contribution in [0.3, 0.4) is 0 Å². The molecule has 1 aliphatic rings. The number of ether oxygens (including phenoxy) is 3. The largest absolute Gasteiger partial charge is 0.497 e. The van der Waals surface area contributed by atoms with E-state index in [9.17, 15) is 16.8 Å². The van der Waals surface area contributed by atoms with Crippen molar-refractivity contribution in [2.45, 2.75) is 22.9 Å². The Hall–Kier alpha value is -3.12. The van der Waals surface area contributed by atoms with E-state index in [0.29, 0.717) is 22.8 Å². The van der Waals surface area contributed by atoms with E-state index in [1.165, 1.54) is 24.3 Å². The molecule has 9 nitrogen and oxygen atoms in total. The average molecular weight is 491 g/mol. The molecule has 0 atom stereocenters. The van der Waals surface area contributed by atoms with Crippen molar-refractivity contribution in [1.82, 2.24) is 9.44 Å². The number of fused-ring (bicyclic) bond motifs is 1. The predicted octanol–water partition coefficient (Wildman–Crippen LogP) is 2.38. The number of nitrogens with one attached hydrogen (secondary N) is 2. The summed E-state index contributed by atoms with van der Waals surface area (Å²) in [6.45, 7) is 0.265. The highest BCUT2D eigenvalue weighted by molar-refractivity contribution is 7.90. The van der Waals surface area contributed by atoms with Crippen molar-refractivity contribution < 1.29 is 31.0 Å². The summed E-state index contributed by atoms with van der Waals surface area (Å²) in [4.78, 5) is -0.0805. The Kier molecular flexibility index (Phi) is 6.56. The van der Waals surface area contributed by atoms with Gasteiger partial charge >= 0.3 is 0 Å². The van der Waals surface area contributed by atoms with E-state index in [1.54, 1.807) is 49.6 Å². The van der Waals surface area contributed by atoms with E-state index in [4.69, 9.17) is 14.2 Å². The lowest BCUT2D eigenvalue weighted by Gasteiger charge is -2.10. The lowest BCUT2D eigenvalue weighted by atomic mass is 10.2. The smallest absolute Gasteiger partial charge is 0.240 e. The molecule has 3 aromatic carbocycles. The number of rotatable bonds is 9. The van der Waals surface area contributed by atoms with Gasteiger partial charge < -0.3 is 14.2 Å². The zero-order chi connectivity index (χ0) is 23.5. The molecular formula is C22H22N2O7S2. The first-order chi connectivity index (χ1) is 15.8. The molecule has 1 heterocycles. The average Bonchev–Trinajstić information content (AvgIpc) is 3.30. The Bertz CT molecular complexity index is 1340. The molecule has 4 rings (SSSR count). The van der Waals surface area contributed by atoms with Crippen LogP contribution < -0.4 is 23.7 Å². The van der Waals surface area contributed by atoms with E-state index in [0.717, 1.165) is 5.56 Å². The summed E-state index contributed by atoms with van der Waals surface area (Å²) in [6, 6.07) is 17.1. The van der Waals surface area contributed by atoms with E-state index in [-0.39, 0.29) is 29.7 Å². The predicted molar refractivity (Wildman–Crippen MR) is 120 cm³/mol. The Balaban J connectivity index is 1.39. The summed E-state index contributed by atoms with van der Waals surface area (Å²) in [6.07, 6.45) is 0. The van der Waals surface area contributed by atoms with Gasteiger partial charge in [-0.1, -0.05) is 18.2 Å². The van der Waals surface area contributed by atoms with Gasteiger partial charge in [0.25, 0.3) is 0 Å². The van der Waals surface area contributed by atoms with Gasteiger partial charge in [0.05, 0.1) is 16.9 Å². The van der Waals surface area contributed by atoms with Crippen LogP contribution >= 0.6 is 0 Å². The summed E-state index contributed by atoms with van der Waals surface area (Å²) in [5.41, 5.74) is 1.45. The quantitative estimate of drug-likeness (QED) is 0.473. The summed E-state index contributed by atoms with van der Waals surface area (Å²) in [5, 5.41) is 0. The van der Waals surface area contributed by atoms with Crippen molar-refractivity contribution in [2.75, 3.05) is 13.9 Å². The molecule has 0 aromatic heterocycles. The van der Waals surface area contributed by atoms with Gasteiger partial charge in [-0.3, -0.25) is 0 Å². The number of methoxy groups -OCH3 is 1. The highest BCUT2D eigenvalue weighted by atomic mass is 32.2. The zero-order valence-corrected chi connectivity index (χ0v) is 19.3. The van der Waals surface area contributed by atoms with Crippen LogP contribution in [-0.4, -0.2) is 30.7 Å². The van der Waals surface area contributed by atoms with Crippen molar-refractivity contribution in [3.05, 3.63) is 77.9 Å². The first-order valence-electron chi connectivity index (χ1n) is 9.88. The SMILES string of the molecule is COc1ccc(CNS(=O)(=O)c2ccc(S(=O)(=O)NCc3ccc4c(c3)OCO4)cc2)cc1. The third-order valence-corrected chi connectivity index (χ3v) is 7.81. The molecule has 0 bridgehead atoms. The minimum absolute atomic E-state index is 0.0364. The van der Waals surface area contributed by atoms with Crippen LogP contribution in [0.2, 0.25) is 0 Å². The van der Waals surface area contributed by atoms with Gasteiger partial charge in [-0.15, -0.1) is 0 Å². The van der Waals surface area contributed by atoms with Crippen molar-refractivity contribution in [3.63, 3.8) is 0 Å². The second kappa shape index (κ2) is 9.40. The first-order valence-corrected chi connectivity index (χ1v) is 12.8. The summed E-state index contributed by atoms with van der Waals surface area (Å²) >= 11 is 0. The highest BCUT2D eigenvalue weighted by Gasteiger charge is 2.19. The van der Waals surface area contributed by atoms with Crippen molar-refractivity contribution in [1.29, 1.82) is 0 Å². The molecular weight excluding hydrogens is 468 g/mol. The minimum atomic E-state index is -3.85. The maximum Gasteiger partial charge on any atom is 0.240 e. The monoisotopic (exact) mass is 490 g/mol. The second-order valence-electron chi connectivity index (χ2n) is 7.16. The van der Waals surface area contributed by atoms with Gasteiger partial charge in [0.1, 0.15) is 5.75 Å². The van der Waals surface area contributed by atoms with Gasteiger partial charge in [-0.25, -0.2) is 26.3 Å². The molecule has 0 amide bonds. The summed E-state index contributed by atoms with van der Waals surface area (Å²) in [7, 11) is -6.12. The van der Waals surface area contributed by atoms with Gasteiger partial charge in [-0.05, 0) is 59.7 Å². The topological polar surface area (TPSA) is 120 Å². The summed E-state index contributed by atoms with van der Waals surface area (Å²) in [5.74, 6) is 1.84. The van der Waals surface area contributed by atoms with Crippen molar-refractivity contribution in [3.8, 4) is 17.2 Å². The van der Waals surface area contributed by atoms with Gasteiger partial charge in [0.15, 0.2) is 11.5 Å². The van der Waals surface area contributed by atoms with E-state index < -0.39 is 20.0 Å². The Morgan fingerprint density at radius 1 is 0.727 bits per heavy atom. The van der Waals surface area contributed by atoms with Crippen LogP contribution in [0.4, 0.5) is 0 Å². The van der Waals surface area contributed by atoms with Gasteiger partial charge in [0, 0.05) is 13.1 Å². The minimum Gasteiger partial charge on any atom is -0.497 e. The maximum atomic E-state index is 12.6. The molecule has 33 heavy (non-hydrogen) atoms. The molecule has 0 radical (unpaired) electrons. The van der Waals surface area contributed by atoms with Gasteiger partial charge in [0.2, 0.25) is 26.8 Å². The zero-order valence-electron chi connectivity index (χ0n) is 17.6. The van der Waals surface area contributed by atoms with E-state index in [1.807, 2.05) is 0 Å². The van der Waals surface area contributed by atoms with Crippen LogP contribution in [0.1, 0.15) is 11.1 Å². The van der Waals surface area contributed by atoms with Crippen LogP contribution in [-0.2, 0) is 33.1 Å². The molecule has 3 aromatic rings. The lowest BCUT2D eigenvalue weighted by molar-refractivity contribution is 0.174. The Labute approximate surface area is 192 Å².